The standard InChI is InChI=1S/C14H16ClNO4/c1-8(2)5-9-6-12-11(7-10(9)15)16(14(19)20-12)4-3-13(17)18/h6-8H,3-5H2,1-2H3,(H,17,18). The Balaban J connectivity index is 2.46. The first-order valence-electron chi connectivity index (χ1n) is 6.42. The molecule has 1 N–H and O–H groups in total. The average Bonchev–Trinajstić information content (AvgIpc) is 2.62. The molecule has 0 saturated carbocycles. The quantitative estimate of drug-likeness (QED) is 0.921. The van der Waals surface area contributed by atoms with E-state index in [-0.39, 0.29) is 13.0 Å². The Labute approximate surface area is 120 Å². The van der Waals surface area contributed by atoms with Crippen LogP contribution in [0.25, 0.3) is 11.1 Å². The number of hydrogen-bond acceptors (Lipinski definition) is 3. The molecule has 0 aliphatic carbocycles. The van der Waals surface area contributed by atoms with Crippen molar-refractivity contribution in [2.45, 2.75) is 33.2 Å². The molecule has 0 saturated heterocycles. The summed E-state index contributed by atoms with van der Waals surface area (Å²) in [5.74, 6) is -1.08. The number of aliphatic carboxylic acids is 1. The van der Waals surface area contributed by atoms with Crippen molar-refractivity contribution in [2.75, 3.05) is 0 Å². The Morgan fingerprint density at radius 2 is 2.15 bits per heavy atom. The molecular formula is C14H16ClNO4. The van der Waals surface area contributed by atoms with E-state index in [4.69, 9.17) is 21.1 Å². The molecular weight excluding hydrogens is 282 g/mol. The maximum atomic E-state index is 11.8. The van der Waals surface area contributed by atoms with Crippen LogP contribution in [0.15, 0.2) is 21.3 Å². The molecule has 108 valence electrons. The summed E-state index contributed by atoms with van der Waals surface area (Å²) in [7, 11) is 0. The fourth-order valence-corrected chi connectivity index (χ4v) is 2.38. The van der Waals surface area contributed by atoms with Crippen LogP contribution in [-0.4, -0.2) is 15.6 Å². The zero-order valence-electron chi connectivity index (χ0n) is 11.4. The SMILES string of the molecule is CC(C)Cc1cc2oc(=O)n(CCC(=O)O)c2cc1Cl. The Hall–Kier alpha value is -1.75. The number of hydrogen-bond donors (Lipinski definition) is 1. The number of fused-ring (bicyclic) bond motifs is 1. The highest BCUT2D eigenvalue weighted by Crippen LogP contribution is 2.25. The summed E-state index contributed by atoms with van der Waals surface area (Å²) < 4.78 is 6.46. The van der Waals surface area contributed by atoms with Gasteiger partial charge < -0.3 is 9.52 Å². The third-order valence-corrected chi connectivity index (χ3v) is 3.37. The van der Waals surface area contributed by atoms with Crippen molar-refractivity contribution in [1.82, 2.24) is 4.57 Å². The van der Waals surface area contributed by atoms with Gasteiger partial charge in [0.05, 0.1) is 11.9 Å². The van der Waals surface area contributed by atoms with E-state index < -0.39 is 11.7 Å². The van der Waals surface area contributed by atoms with E-state index in [2.05, 4.69) is 13.8 Å². The lowest BCUT2D eigenvalue weighted by Gasteiger charge is -2.07. The second-order valence-corrected chi connectivity index (χ2v) is 5.58. The summed E-state index contributed by atoms with van der Waals surface area (Å²) in [5.41, 5.74) is 1.91. The highest BCUT2D eigenvalue weighted by molar-refractivity contribution is 6.32. The molecule has 1 aromatic carbocycles. The maximum Gasteiger partial charge on any atom is 0.419 e. The van der Waals surface area contributed by atoms with Gasteiger partial charge in [-0.05, 0) is 30.0 Å². The number of nitrogens with zero attached hydrogens (tertiary/aromatic N) is 1. The molecule has 0 atom stereocenters. The van der Waals surface area contributed by atoms with Crippen molar-refractivity contribution in [3.8, 4) is 0 Å². The number of carboxylic acid groups (broad SMARTS) is 1. The molecule has 0 spiro atoms. The number of halogens is 1. The monoisotopic (exact) mass is 297 g/mol. The summed E-state index contributed by atoms with van der Waals surface area (Å²) in [4.78, 5) is 22.4. The topological polar surface area (TPSA) is 72.4 Å². The number of oxazole rings is 1. The Morgan fingerprint density at radius 3 is 2.75 bits per heavy atom. The molecule has 1 aromatic heterocycles. The third-order valence-electron chi connectivity index (χ3n) is 3.01. The summed E-state index contributed by atoms with van der Waals surface area (Å²) >= 11 is 6.22. The van der Waals surface area contributed by atoms with Crippen LogP contribution in [0.2, 0.25) is 5.02 Å². The van der Waals surface area contributed by atoms with Gasteiger partial charge in [-0.1, -0.05) is 25.4 Å². The molecule has 2 aromatic rings. The van der Waals surface area contributed by atoms with Gasteiger partial charge in [-0.15, -0.1) is 0 Å². The Bertz CT molecular complexity index is 699. The highest BCUT2D eigenvalue weighted by Gasteiger charge is 2.14. The van der Waals surface area contributed by atoms with E-state index in [0.717, 1.165) is 12.0 Å². The van der Waals surface area contributed by atoms with Gasteiger partial charge in [0, 0.05) is 11.6 Å². The van der Waals surface area contributed by atoms with Gasteiger partial charge in [0.15, 0.2) is 5.58 Å². The number of carbonyl (C=O) groups is 1. The largest absolute Gasteiger partial charge is 0.481 e. The average molecular weight is 298 g/mol. The van der Waals surface area contributed by atoms with Gasteiger partial charge in [0.2, 0.25) is 0 Å². The van der Waals surface area contributed by atoms with Crippen molar-refractivity contribution >= 4 is 28.7 Å². The zero-order valence-corrected chi connectivity index (χ0v) is 12.1. The third kappa shape index (κ3) is 3.04. The molecule has 0 fully saturated rings. The molecule has 2 rings (SSSR count). The van der Waals surface area contributed by atoms with Gasteiger partial charge in [0.1, 0.15) is 0 Å². The summed E-state index contributed by atoms with van der Waals surface area (Å²) in [6.07, 6.45) is 0.651. The van der Waals surface area contributed by atoms with Crippen LogP contribution in [0.3, 0.4) is 0 Å². The smallest absolute Gasteiger partial charge is 0.419 e. The Morgan fingerprint density at radius 1 is 1.45 bits per heavy atom. The van der Waals surface area contributed by atoms with E-state index in [9.17, 15) is 9.59 Å². The molecule has 6 heteroatoms. The van der Waals surface area contributed by atoms with Gasteiger partial charge in [0.25, 0.3) is 0 Å². The van der Waals surface area contributed by atoms with Crippen LogP contribution < -0.4 is 5.76 Å². The zero-order chi connectivity index (χ0) is 14.9. The van der Waals surface area contributed by atoms with Crippen molar-refractivity contribution < 1.29 is 14.3 Å². The lowest BCUT2D eigenvalue weighted by atomic mass is 10.0. The van der Waals surface area contributed by atoms with Gasteiger partial charge in [-0.3, -0.25) is 9.36 Å². The lowest BCUT2D eigenvalue weighted by Crippen LogP contribution is -2.16. The molecule has 20 heavy (non-hydrogen) atoms. The first-order chi connectivity index (χ1) is 9.38. The number of aryl methyl sites for hydroxylation is 1. The predicted molar refractivity (Wildman–Crippen MR) is 76.3 cm³/mol. The molecule has 0 aliphatic rings. The van der Waals surface area contributed by atoms with Gasteiger partial charge in [-0.25, -0.2) is 4.79 Å². The summed E-state index contributed by atoms with van der Waals surface area (Å²) in [5, 5.41) is 9.27. The highest BCUT2D eigenvalue weighted by atomic mass is 35.5. The minimum absolute atomic E-state index is 0.0705. The van der Waals surface area contributed by atoms with Crippen molar-refractivity contribution in [2.24, 2.45) is 5.92 Å². The van der Waals surface area contributed by atoms with Gasteiger partial charge >= 0.3 is 11.7 Å². The minimum Gasteiger partial charge on any atom is -0.481 e. The maximum absolute atomic E-state index is 11.8. The molecule has 0 amide bonds. The van der Waals surface area contributed by atoms with Crippen molar-refractivity contribution in [3.05, 3.63) is 33.3 Å². The molecule has 1 heterocycles. The summed E-state index contributed by atoms with van der Waals surface area (Å²) in [6, 6.07) is 3.43. The molecule has 0 unspecified atom stereocenters. The fourth-order valence-electron chi connectivity index (χ4n) is 2.14. The molecule has 0 aliphatic heterocycles. The van der Waals surface area contributed by atoms with Crippen LogP contribution >= 0.6 is 11.6 Å². The van der Waals surface area contributed by atoms with E-state index >= 15 is 0 Å². The lowest BCUT2D eigenvalue weighted by molar-refractivity contribution is -0.137. The van der Waals surface area contributed by atoms with Crippen LogP contribution in [0.1, 0.15) is 25.8 Å². The second kappa shape index (κ2) is 5.71. The molecule has 5 nitrogen and oxygen atoms in total. The van der Waals surface area contributed by atoms with Crippen LogP contribution in [0.5, 0.6) is 0 Å². The molecule has 0 bridgehead atoms. The van der Waals surface area contributed by atoms with E-state index in [1.807, 2.05) is 0 Å². The first kappa shape index (κ1) is 14.7. The number of carboxylic acids is 1. The van der Waals surface area contributed by atoms with E-state index in [1.54, 1.807) is 12.1 Å². The van der Waals surface area contributed by atoms with Crippen molar-refractivity contribution in [3.63, 3.8) is 0 Å². The number of benzene rings is 1. The molecule has 0 radical (unpaired) electrons. The van der Waals surface area contributed by atoms with Crippen LogP contribution in [0.4, 0.5) is 0 Å². The van der Waals surface area contributed by atoms with E-state index in [1.165, 1.54) is 4.57 Å². The number of aromatic nitrogens is 1. The van der Waals surface area contributed by atoms with Crippen molar-refractivity contribution in [1.29, 1.82) is 0 Å². The first-order valence-corrected chi connectivity index (χ1v) is 6.80. The van der Waals surface area contributed by atoms with E-state index in [0.29, 0.717) is 22.0 Å². The minimum atomic E-state index is -0.964. The van der Waals surface area contributed by atoms with Gasteiger partial charge in [-0.2, -0.15) is 0 Å². The normalized spacial score (nSPS) is 11.4. The summed E-state index contributed by atoms with van der Waals surface area (Å²) in [6.45, 7) is 4.23. The predicted octanol–water partition coefficient (Wildman–Crippen LogP) is 2.92. The Kier molecular flexibility index (Phi) is 4.18. The second-order valence-electron chi connectivity index (χ2n) is 5.17. The number of rotatable bonds is 5. The van der Waals surface area contributed by atoms with Crippen LogP contribution in [0, 0.1) is 5.92 Å². The fraction of sp³-hybridized carbons (Fsp3) is 0.429. The van der Waals surface area contributed by atoms with Crippen LogP contribution in [-0.2, 0) is 17.8 Å².